The maximum absolute atomic E-state index is 13.4. The van der Waals surface area contributed by atoms with Crippen LogP contribution in [0.25, 0.3) is 0 Å². The number of amidine groups is 1. The van der Waals surface area contributed by atoms with Crippen LogP contribution in [-0.4, -0.2) is 28.6 Å². The predicted octanol–water partition coefficient (Wildman–Crippen LogP) is 3.78. The number of rotatable bonds is 2. The molecule has 1 N–H and O–H groups in total. The lowest BCUT2D eigenvalue weighted by Crippen LogP contribution is -2.41. The SMILES string of the molecule is Cc1cccc(N2C[C@@](O)(c3ccc(F)cc3)[N+]3=C2CCCCC3)c1. The van der Waals surface area contributed by atoms with Crippen LogP contribution >= 0.6 is 0 Å². The first-order chi connectivity index (χ1) is 12.1. The lowest BCUT2D eigenvalue weighted by molar-refractivity contribution is -0.658. The molecular weight excluding hydrogens is 315 g/mol. The number of halogens is 1. The van der Waals surface area contributed by atoms with E-state index in [1.54, 1.807) is 12.1 Å². The summed E-state index contributed by atoms with van der Waals surface area (Å²) in [5, 5.41) is 11.6. The largest absolute Gasteiger partial charge is 0.346 e. The fourth-order valence-corrected chi connectivity index (χ4v) is 4.07. The Bertz CT molecular complexity index is 815. The van der Waals surface area contributed by atoms with Crippen molar-refractivity contribution in [3.63, 3.8) is 0 Å². The van der Waals surface area contributed by atoms with Gasteiger partial charge in [0.25, 0.3) is 11.6 Å². The van der Waals surface area contributed by atoms with E-state index in [4.69, 9.17) is 0 Å². The minimum Gasteiger partial charge on any atom is -0.346 e. The molecule has 3 nitrogen and oxygen atoms in total. The summed E-state index contributed by atoms with van der Waals surface area (Å²) in [4.78, 5) is 2.24. The van der Waals surface area contributed by atoms with Crippen LogP contribution in [0.2, 0.25) is 0 Å². The molecule has 0 saturated carbocycles. The van der Waals surface area contributed by atoms with E-state index >= 15 is 0 Å². The summed E-state index contributed by atoms with van der Waals surface area (Å²) in [7, 11) is 0. The molecule has 4 rings (SSSR count). The van der Waals surface area contributed by atoms with E-state index in [1.165, 1.54) is 30.0 Å². The number of β-amino-alcohol motifs (C(OH)–C–C–N with tert-alkyl or cyclic N) is 1. The van der Waals surface area contributed by atoms with Gasteiger partial charge in [0.15, 0.2) is 6.54 Å². The highest BCUT2D eigenvalue weighted by molar-refractivity contribution is 5.96. The highest BCUT2D eigenvalue weighted by Gasteiger charge is 2.51. The van der Waals surface area contributed by atoms with E-state index in [1.807, 2.05) is 0 Å². The molecule has 2 aromatic carbocycles. The highest BCUT2D eigenvalue weighted by Crippen LogP contribution is 2.35. The first kappa shape index (κ1) is 16.3. The van der Waals surface area contributed by atoms with Crippen LogP contribution in [0.3, 0.4) is 0 Å². The van der Waals surface area contributed by atoms with Crippen LogP contribution in [0.1, 0.15) is 36.8 Å². The maximum atomic E-state index is 13.4. The Balaban J connectivity index is 1.81. The summed E-state index contributed by atoms with van der Waals surface area (Å²) in [5.41, 5.74) is 1.95. The minimum absolute atomic E-state index is 0.277. The molecule has 0 aliphatic carbocycles. The molecule has 2 aliphatic heterocycles. The van der Waals surface area contributed by atoms with Gasteiger partial charge in [-0.05, 0) is 68.1 Å². The van der Waals surface area contributed by atoms with E-state index in [9.17, 15) is 9.50 Å². The second-order valence-corrected chi connectivity index (χ2v) is 7.13. The molecule has 25 heavy (non-hydrogen) atoms. The number of nitrogens with zero attached hydrogens (tertiary/aromatic N) is 2. The number of benzene rings is 2. The van der Waals surface area contributed by atoms with E-state index in [2.05, 4.69) is 40.7 Å². The topological polar surface area (TPSA) is 26.5 Å². The van der Waals surface area contributed by atoms with Gasteiger partial charge in [-0.1, -0.05) is 12.1 Å². The Kier molecular flexibility index (Phi) is 4.08. The summed E-state index contributed by atoms with van der Waals surface area (Å²) >= 11 is 0. The Hall–Kier alpha value is -2.20. The monoisotopic (exact) mass is 339 g/mol. The van der Waals surface area contributed by atoms with Gasteiger partial charge >= 0.3 is 0 Å². The summed E-state index contributed by atoms with van der Waals surface area (Å²) in [5.74, 6) is 0.899. The van der Waals surface area contributed by atoms with Crippen molar-refractivity contribution < 1.29 is 14.1 Å². The number of aryl methyl sites for hydroxylation is 1. The minimum atomic E-state index is -1.11. The zero-order valence-electron chi connectivity index (χ0n) is 14.6. The maximum Gasteiger partial charge on any atom is 0.271 e. The molecule has 0 amide bonds. The molecule has 0 spiro atoms. The molecule has 0 bridgehead atoms. The van der Waals surface area contributed by atoms with E-state index < -0.39 is 5.72 Å². The fourth-order valence-electron chi connectivity index (χ4n) is 4.07. The van der Waals surface area contributed by atoms with Crippen LogP contribution in [0.4, 0.5) is 10.1 Å². The lowest BCUT2D eigenvalue weighted by Gasteiger charge is -2.23. The first-order valence-corrected chi connectivity index (χ1v) is 9.04. The molecule has 0 radical (unpaired) electrons. The molecular formula is C21H24FN2O+. The van der Waals surface area contributed by atoms with Crippen LogP contribution < -0.4 is 4.90 Å². The third-order valence-electron chi connectivity index (χ3n) is 5.35. The average molecular weight is 339 g/mol. The van der Waals surface area contributed by atoms with Crippen molar-refractivity contribution in [1.29, 1.82) is 0 Å². The average Bonchev–Trinajstić information content (AvgIpc) is 2.76. The number of hydrogen-bond donors (Lipinski definition) is 1. The fraction of sp³-hybridized carbons (Fsp3) is 0.381. The number of aliphatic hydroxyl groups is 1. The van der Waals surface area contributed by atoms with Gasteiger partial charge in [0.1, 0.15) is 11.5 Å². The van der Waals surface area contributed by atoms with Gasteiger partial charge in [-0.3, -0.25) is 0 Å². The molecule has 2 heterocycles. The Morgan fingerprint density at radius 1 is 1.08 bits per heavy atom. The standard InChI is InChI=1S/C21H24FN2O/c1-16-6-5-7-19(14-16)23-15-21(25,17-9-11-18(22)12-10-17)24-13-4-2-3-8-20(23)24/h5-7,9-12,14,25H,2-4,8,13,15H2,1H3/q+1/t21-/m1/s1. The summed E-state index contributed by atoms with van der Waals surface area (Å²) in [6.07, 6.45) is 4.32. The van der Waals surface area contributed by atoms with E-state index in [-0.39, 0.29) is 5.82 Å². The lowest BCUT2D eigenvalue weighted by atomic mass is 10.0. The third-order valence-corrected chi connectivity index (χ3v) is 5.35. The van der Waals surface area contributed by atoms with E-state index in [0.29, 0.717) is 6.54 Å². The van der Waals surface area contributed by atoms with Crippen molar-refractivity contribution >= 4 is 11.5 Å². The zero-order valence-corrected chi connectivity index (χ0v) is 14.6. The van der Waals surface area contributed by atoms with Crippen LogP contribution in [-0.2, 0) is 5.72 Å². The molecule has 0 fully saturated rings. The smallest absolute Gasteiger partial charge is 0.271 e. The van der Waals surface area contributed by atoms with Crippen molar-refractivity contribution in [3.8, 4) is 0 Å². The van der Waals surface area contributed by atoms with Crippen molar-refractivity contribution in [3.05, 3.63) is 65.5 Å². The molecule has 1 atom stereocenters. The molecule has 2 aliphatic rings. The summed E-state index contributed by atoms with van der Waals surface area (Å²) in [6.45, 7) is 3.38. The van der Waals surface area contributed by atoms with Crippen molar-refractivity contribution in [2.45, 2.75) is 38.3 Å². The molecule has 2 aromatic rings. The Morgan fingerprint density at radius 3 is 2.64 bits per heavy atom. The highest BCUT2D eigenvalue weighted by atomic mass is 19.1. The zero-order chi connectivity index (χ0) is 17.4. The van der Waals surface area contributed by atoms with Crippen LogP contribution in [0.15, 0.2) is 48.5 Å². The molecule has 0 saturated heterocycles. The van der Waals surface area contributed by atoms with Gasteiger partial charge in [-0.25, -0.2) is 13.9 Å². The van der Waals surface area contributed by atoms with Crippen molar-refractivity contribution in [2.75, 3.05) is 18.0 Å². The molecule has 0 aromatic heterocycles. The predicted molar refractivity (Wildman–Crippen MR) is 97.4 cm³/mol. The molecule has 4 heteroatoms. The molecule has 0 unspecified atom stereocenters. The van der Waals surface area contributed by atoms with Crippen molar-refractivity contribution in [1.82, 2.24) is 0 Å². The Labute approximate surface area is 148 Å². The summed E-state index contributed by atoms with van der Waals surface area (Å²) in [6, 6.07) is 14.7. The number of hydrogen-bond acceptors (Lipinski definition) is 2. The van der Waals surface area contributed by atoms with Crippen LogP contribution in [0.5, 0.6) is 0 Å². The van der Waals surface area contributed by atoms with Gasteiger partial charge in [0.05, 0.1) is 6.54 Å². The van der Waals surface area contributed by atoms with E-state index in [0.717, 1.165) is 37.1 Å². The van der Waals surface area contributed by atoms with Gasteiger partial charge in [0, 0.05) is 12.0 Å². The van der Waals surface area contributed by atoms with Gasteiger partial charge in [-0.15, -0.1) is 0 Å². The second-order valence-electron chi connectivity index (χ2n) is 7.13. The Morgan fingerprint density at radius 2 is 1.88 bits per heavy atom. The summed E-state index contributed by atoms with van der Waals surface area (Å²) < 4.78 is 15.5. The van der Waals surface area contributed by atoms with Crippen molar-refractivity contribution in [2.24, 2.45) is 0 Å². The quantitative estimate of drug-likeness (QED) is 0.843. The molecule has 130 valence electrons. The number of anilines is 1. The second kappa shape index (κ2) is 6.26. The van der Waals surface area contributed by atoms with Crippen LogP contribution in [0, 0.1) is 12.7 Å². The van der Waals surface area contributed by atoms with Gasteiger partial charge in [-0.2, -0.15) is 0 Å². The third kappa shape index (κ3) is 2.85. The first-order valence-electron chi connectivity index (χ1n) is 9.04. The van der Waals surface area contributed by atoms with Gasteiger partial charge in [0.2, 0.25) is 0 Å². The van der Waals surface area contributed by atoms with Gasteiger partial charge < -0.3 is 5.11 Å². The normalized spacial score (nSPS) is 23.6.